The van der Waals surface area contributed by atoms with Crippen LogP contribution >= 0.6 is 130 Å². The second-order valence-corrected chi connectivity index (χ2v) is 34.3. The molecule has 2 fully saturated rings. The number of benzene rings is 5. The number of halogens is 8. The summed E-state index contributed by atoms with van der Waals surface area (Å²) in [5.41, 5.74) is 30.6. The van der Waals surface area contributed by atoms with Gasteiger partial charge >= 0.3 is 13.1 Å². The fourth-order valence-electron chi connectivity index (χ4n) is 14.1. The molecule has 0 bridgehead atoms. The largest absolute Gasteiger partial charge is 0.489 e. The van der Waals surface area contributed by atoms with Gasteiger partial charge in [0.1, 0.15) is 74.0 Å². The van der Waals surface area contributed by atoms with Crippen molar-refractivity contribution < 1.29 is 24.7 Å². The van der Waals surface area contributed by atoms with Crippen molar-refractivity contribution in [3.05, 3.63) is 247 Å². The summed E-state index contributed by atoms with van der Waals surface area (Å²) in [4.78, 5) is 73.5. The molecule has 4 aliphatic rings. The molecule has 2 saturated heterocycles. The van der Waals surface area contributed by atoms with Crippen molar-refractivity contribution in [1.82, 2.24) is 89.5 Å². The van der Waals surface area contributed by atoms with Crippen molar-refractivity contribution >= 4 is 252 Å². The zero-order valence-corrected chi connectivity index (χ0v) is 80.6. The number of aryl methyl sites for hydroxylation is 5. The number of hydrogen-bond donors (Lipinski definition) is 7. The van der Waals surface area contributed by atoms with Gasteiger partial charge in [0, 0.05) is 90.8 Å². The lowest BCUT2D eigenvalue weighted by Crippen LogP contribution is -2.45. The molecule has 19 rings (SSSR count). The Morgan fingerprint density at radius 1 is 0.536 bits per heavy atom. The van der Waals surface area contributed by atoms with Gasteiger partial charge in [-0.1, -0.05) is 159 Å². The highest BCUT2D eigenvalue weighted by atomic mass is 127. The van der Waals surface area contributed by atoms with E-state index in [2.05, 4.69) is 231 Å². The van der Waals surface area contributed by atoms with Crippen molar-refractivity contribution in [2.75, 3.05) is 102 Å². The number of pyridine rings is 5. The smallest absolute Gasteiger partial charge is 0.461 e. The standard InChI is InChI=1S/C21H23IN8.C16H12ClIN6.C13H12ClNO2.C11H9BrClN.C11H10ClNO.C6H5IN4.C5H12N2.C4H6BNO2/c1-13-4-3-5-14-10-15(26-21(16(13)14)29-8-6-28(2)7-9-29)11-30-20-17(18(22)27-30)19(23)24-12-25-20;1-8-3-2-4-9-5-10(22-13(17)11(8)9)6-24-16-12(14(18)23-24)15(19)20-7-21-16;1-3-17-13(16)10-7-9-6-4-5-8(2)11(9)12(14)15-10;1-7-3-2-4-8-5-9(6-12)14-11(13)10(7)8;1-7-3-2-4-8-5-9(6-14)13-11(12)10(7)8;7-5-4-3(1-9-5)10-2-11-6(4)8;1-7-4-2-6-3-5-7;7-5(8)4-1-2-6-3-4/h3-5,10,12H,6-9,11H2,1-2H3,(H2,23,24,25);2-5,7H,6H2,1H3,(H2,19,20,21);4-7H,3H2,1-2H3;2-5H,6H2,1H3;2-5,14H,6H2,1H3;2H,1H2,(H2,8,10,11);6H,2-5H2,1H3;1,3,7-8H,2H2. The number of likely N-dealkylation sites (N-methyl/N-ethyl adjacent to an activating group) is 2. The normalized spacial score (nSPS) is 13.5. The first kappa shape index (κ1) is 94.9. The number of piperazine rings is 2. The number of hydrogen-bond acceptors (Lipinski definition) is 27. The second-order valence-electron chi connectivity index (χ2n) is 29.2. The molecular formula is C87H89BBrCl4I3N24O5. The number of esters is 1. The van der Waals surface area contributed by atoms with E-state index in [1.807, 2.05) is 111 Å². The number of fused-ring (bicyclic) bond motifs is 8. The fourth-order valence-corrected chi connectivity index (χ4v) is 18.2. The van der Waals surface area contributed by atoms with Crippen LogP contribution in [-0.2, 0) is 36.3 Å². The summed E-state index contributed by atoms with van der Waals surface area (Å²) in [5.74, 6) is 2.03. The number of aliphatic imine (C=N–C) groups is 2. The summed E-state index contributed by atoms with van der Waals surface area (Å²) in [6.07, 6.45) is 7.53. The van der Waals surface area contributed by atoms with Crippen molar-refractivity contribution in [1.29, 1.82) is 0 Å². The zero-order chi connectivity index (χ0) is 89.3. The number of rotatable bonds is 10. The Balaban J connectivity index is 0.000000135. The van der Waals surface area contributed by atoms with Gasteiger partial charge in [0.2, 0.25) is 0 Å². The van der Waals surface area contributed by atoms with Gasteiger partial charge in [-0.25, -0.2) is 69.0 Å². The van der Waals surface area contributed by atoms with Crippen LogP contribution in [0, 0.1) is 42.0 Å². The highest BCUT2D eigenvalue weighted by molar-refractivity contribution is 14.1. The number of aliphatic hydroxyl groups is 1. The van der Waals surface area contributed by atoms with Crippen LogP contribution in [0.5, 0.6) is 0 Å². The van der Waals surface area contributed by atoms with Crippen LogP contribution in [0.25, 0.3) is 75.9 Å². The Hall–Kier alpha value is -9.27. The van der Waals surface area contributed by atoms with Crippen LogP contribution in [-0.4, -0.2) is 202 Å². The van der Waals surface area contributed by atoms with E-state index in [0.717, 1.165) is 166 Å². The molecule has 10 N–H and O–H groups in total. The number of carbonyl (C=O) groups excluding carboxylic acids is 1. The van der Waals surface area contributed by atoms with Crippen LogP contribution < -0.4 is 27.4 Å². The number of alkyl halides is 1. The van der Waals surface area contributed by atoms with E-state index in [-0.39, 0.29) is 12.3 Å². The second kappa shape index (κ2) is 44.4. The van der Waals surface area contributed by atoms with Crippen LogP contribution in [0.1, 0.15) is 79.3 Å². The maximum Gasteiger partial charge on any atom is 0.489 e. The van der Waals surface area contributed by atoms with E-state index >= 15 is 0 Å². The predicted octanol–water partition coefficient (Wildman–Crippen LogP) is 15.7. The van der Waals surface area contributed by atoms with Gasteiger partial charge in [0.15, 0.2) is 17.0 Å². The predicted molar refractivity (Wildman–Crippen MR) is 532 cm³/mol. The number of aromatic nitrogens is 15. The molecule has 0 amide bonds. The summed E-state index contributed by atoms with van der Waals surface area (Å²) in [6, 6.07) is 40.1. The first-order valence-electron chi connectivity index (χ1n) is 39.5. The van der Waals surface area contributed by atoms with Gasteiger partial charge in [-0.3, -0.25) is 9.98 Å². The fraction of sp³-hybridized carbons (Fsp3) is 0.264. The maximum absolute atomic E-state index is 11.6. The van der Waals surface area contributed by atoms with Crippen LogP contribution in [0.15, 0.2) is 162 Å². The molecule has 38 heteroatoms. The van der Waals surface area contributed by atoms with E-state index in [4.69, 9.17) is 88.5 Å². The maximum atomic E-state index is 11.6. The average molecular weight is 2160 g/mol. The minimum Gasteiger partial charge on any atom is -0.461 e. The van der Waals surface area contributed by atoms with Crippen molar-refractivity contribution in [3.63, 3.8) is 0 Å². The molecule has 14 heterocycles. The molecule has 0 unspecified atom stereocenters. The third kappa shape index (κ3) is 23.8. The summed E-state index contributed by atoms with van der Waals surface area (Å²) < 4.78 is 11.0. The van der Waals surface area contributed by atoms with Gasteiger partial charge in [-0.15, -0.1) is 0 Å². The highest BCUT2D eigenvalue weighted by Gasteiger charge is 2.24. The van der Waals surface area contributed by atoms with Gasteiger partial charge in [-0.05, 0) is 214 Å². The minimum atomic E-state index is -1.35. The monoisotopic (exact) mass is 2160 g/mol. The summed E-state index contributed by atoms with van der Waals surface area (Å²) >= 11 is 34.5. The molecule has 646 valence electrons. The molecule has 0 saturated carbocycles. The number of carbonyl (C=O) groups is 1. The van der Waals surface area contributed by atoms with Crippen LogP contribution in [0.2, 0.25) is 20.6 Å². The van der Waals surface area contributed by atoms with Crippen LogP contribution in [0.3, 0.4) is 0 Å². The summed E-state index contributed by atoms with van der Waals surface area (Å²) in [6.45, 7) is 23.2. The molecule has 0 spiro atoms. The molecular weight excluding hydrogens is 2070 g/mol. The third-order valence-electron chi connectivity index (χ3n) is 20.4. The Morgan fingerprint density at radius 2 is 0.960 bits per heavy atom. The van der Waals surface area contributed by atoms with E-state index in [9.17, 15) is 4.79 Å². The average Bonchev–Trinajstić information content (AvgIpc) is 1.76. The Labute approximate surface area is 791 Å². The number of anilines is 4. The molecule has 15 aromatic rings. The van der Waals surface area contributed by atoms with Crippen molar-refractivity contribution in [2.24, 2.45) is 9.98 Å². The zero-order valence-electron chi connectivity index (χ0n) is 69.5. The first-order chi connectivity index (χ1) is 60.1. The van der Waals surface area contributed by atoms with E-state index in [0.29, 0.717) is 87.7 Å². The summed E-state index contributed by atoms with van der Waals surface area (Å²) in [7, 11) is 2.98. The number of nitrogens with one attached hydrogen (secondary N) is 1. The molecule has 4 aliphatic heterocycles. The lowest BCUT2D eigenvalue weighted by Gasteiger charge is -2.34. The Bertz CT molecular complexity index is 6450. The molecule has 125 heavy (non-hydrogen) atoms. The van der Waals surface area contributed by atoms with E-state index in [1.165, 1.54) is 60.2 Å². The van der Waals surface area contributed by atoms with Gasteiger partial charge in [-0.2, -0.15) is 10.2 Å². The van der Waals surface area contributed by atoms with Crippen LogP contribution in [0.4, 0.5) is 23.3 Å². The topological polar surface area (TPSA) is 389 Å². The molecule has 10 aromatic heterocycles. The van der Waals surface area contributed by atoms with Crippen molar-refractivity contribution in [2.45, 2.75) is 73.1 Å². The number of allylic oxidation sites excluding steroid dienone is 1. The quantitative estimate of drug-likeness (QED) is 0.0220. The molecule has 0 aliphatic carbocycles. The van der Waals surface area contributed by atoms with Gasteiger partial charge in [0.05, 0.1) is 84.2 Å². The Kier molecular flexibility index (Phi) is 33.7. The number of nitrogens with zero attached hydrogens (tertiary/aromatic N) is 20. The number of nitrogen functional groups attached to an aromatic ring is 3. The lowest BCUT2D eigenvalue weighted by atomic mass is 9.81. The lowest BCUT2D eigenvalue weighted by molar-refractivity contribution is 0.0519. The number of ether oxygens (including phenoxy) is 1. The van der Waals surface area contributed by atoms with E-state index < -0.39 is 13.1 Å². The van der Waals surface area contributed by atoms with Gasteiger partial charge in [0.25, 0.3) is 0 Å². The van der Waals surface area contributed by atoms with E-state index in [1.54, 1.807) is 23.7 Å². The Morgan fingerprint density at radius 3 is 1.40 bits per heavy atom. The molecule has 0 radical (unpaired) electrons. The van der Waals surface area contributed by atoms with Gasteiger partial charge < -0.3 is 57.1 Å². The molecule has 29 nitrogen and oxygen atoms in total. The van der Waals surface area contributed by atoms with Crippen molar-refractivity contribution in [3.8, 4) is 0 Å². The molecule has 0 atom stereocenters. The highest BCUT2D eigenvalue weighted by Crippen LogP contribution is 2.35. The summed E-state index contributed by atoms with van der Waals surface area (Å²) in [5, 5.41) is 52.9. The number of aliphatic hydroxyl groups excluding tert-OH is 1. The minimum absolute atomic E-state index is 0.0798. The number of nitrogens with two attached hydrogens (primary N) is 3. The SMILES string of the molecule is CCOC(=O)c1cc2cccc(C)c2c(Cl)n1.CN1CCNCC1.Cc1cccc2cc(CBr)nc(Cl)c12.Cc1cccc2cc(CO)nc(Cl)c12.Cc1cccc2cc(Cn3nc(I)c4c(N)ncnc43)nc(Cl)c12.Cc1cccc2cc(Cn3nc(I)c4c(N)ncnc43)nc(N3CCN(C)CC3)c12.Nc1ncnc2c1C(I)=NC2.OB(O)C1=CCN=C1. The molecule has 5 aromatic carbocycles. The third-order valence-corrected chi connectivity index (χ3v) is 24.5. The first-order valence-corrected chi connectivity index (χ1v) is 45.4.